The zero-order valence-electron chi connectivity index (χ0n) is 13.4. The van der Waals surface area contributed by atoms with Crippen LogP contribution in [0.15, 0.2) is 34.4 Å². The Morgan fingerprint density at radius 1 is 0.800 bits per heavy atom. The molecule has 0 aromatic rings. The van der Waals surface area contributed by atoms with Gasteiger partial charge in [-0.1, -0.05) is 40.8 Å². The first-order chi connectivity index (χ1) is 7.99. The van der Waals surface area contributed by atoms with Gasteiger partial charge in [0.05, 0.1) is 0 Å². The van der Waals surface area contributed by atoms with Gasteiger partial charge in [0.2, 0.25) is 0 Å². The van der Waals surface area contributed by atoms with Gasteiger partial charge >= 0.3 is 25.8 Å². The van der Waals surface area contributed by atoms with Gasteiger partial charge in [-0.3, -0.25) is 12.2 Å². The molecule has 2 aliphatic carbocycles. The van der Waals surface area contributed by atoms with Gasteiger partial charge in [-0.2, -0.15) is 11.1 Å². The van der Waals surface area contributed by atoms with Crippen LogP contribution in [0.2, 0.25) is 13.1 Å². The summed E-state index contributed by atoms with van der Waals surface area (Å²) in [6.07, 6.45) is 12.8. The third-order valence-electron chi connectivity index (χ3n) is 2.22. The van der Waals surface area contributed by atoms with Crippen LogP contribution in [0.1, 0.15) is 40.5 Å². The fraction of sp³-hybridized carbons (Fsp3) is 0.500. The first-order valence-electron chi connectivity index (χ1n) is 6.22. The summed E-state index contributed by atoms with van der Waals surface area (Å²) >= 11 is 0. The molecule has 1 radical (unpaired) electrons. The summed E-state index contributed by atoms with van der Waals surface area (Å²) in [5.41, 5.74) is 5.44. The SMILES string of the molecule is CC1=[C-]CC(C)=C1.CC1=[C-]CC(C)=C1.C[SiH]C.[Cl-].[Cl-].[Hf+4]. The zero-order chi connectivity index (χ0) is 13.3. The summed E-state index contributed by atoms with van der Waals surface area (Å²) in [6.45, 7) is 12.8. The third kappa shape index (κ3) is 16.7. The molecule has 20 heavy (non-hydrogen) atoms. The standard InChI is InChI=1S/2C7H9.C2H7Si.2ClH.Hf/c2*1-6-3-4-7(2)5-6;1-3-2;;;/h2*5H,3H2,1-2H3;3H,1-2H3;2*1H;/q2*-1;;;;+4/p-2. The number of hydrogen-bond acceptors (Lipinski definition) is 0. The molecule has 0 saturated carbocycles. The number of rotatable bonds is 0. The van der Waals surface area contributed by atoms with Crippen LogP contribution >= 0.6 is 0 Å². The second-order valence-electron chi connectivity index (χ2n) is 4.63. The zero-order valence-corrected chi connectivity index (χ0v) is 19.7. The van der Waals surface area contributed by atoms with Crippen molar-refractivity contribution >= 4 is 9.52 Å². The molecular formula is C16H25Cl2HfSi. The molecule has 0 heterocycles. The summed E-state index contributed by atoms with van der Waals surface area (Å²) in [5.74, 6) is 0. The molecule has 0 aliphatic heterocycles. The van der Waals surface area contributed by atoms with E-state index in [-0.39, 0.29) is 50.7 Å². The quantitative estimate of drug-likeness (QED) is 0.290. The number of halogens is 2. The van der Waals surface area contributed by atoms with Crippen molar-refractivity contribution in [2.24, 2.45) is 0 Å². The topological polar surface area (TPSA) is 0 Å². The molecule has 0 aromatic carbocycles. The smallest absolute Gasteiger partial charge is 1.00 e. The molecule has 0 atom stereocenters. The van der Waals surface area contributed by atoms with E-state index in [1.165, 1.54) is 22.3 Å². The van der Waals surface area contributed by atoms with Gasteiger partial charge in [0, 0.05) is 9.52 Å². The van der Waals surface area contributed by atoms with Crippen LogP contribution in [-0.4, -0.2) is 9.52 Å². The van der Waals surface area contributed by atoms with Gasteiger partial charge in [0.15, 0.2) is 0 Å². The van der Waals surface area contributed by atoms with Gasteiger partial charge in [-0.05, 0) is 0 Å². The second-order valence-corrected chi connectivity index (χ2v) is 5.79. The van der Waals surface area contributed by atoms with Crippen LogP contribution in [0.5, 0.6) is 0 Å². The largest absolute Gasteiger partial charge is 4.00 e. The Bertz CT molecular complexity index is 321. The van der Waals surface area contributed by atoms with Gasteiger partial charge in [-0.25, -0.2) is 23.3 Å². The first kappa shape index (κ1) is 28.7. The van der Waals surface area contributed by atoms with E-state index in [1.807, 2.05) is 0 Å². The number of allylic oxidation sites excluding steroid dienone is 8. The molecule has 0 spiro atoms. The van der Waals surface area contributed by atoms with Crippen LogP contribution in [-0.2, 0) is 25.8 Å². The van der Waals surface area contributed by atoms with Gasteiger partial charge in [0.25, 0.3) is 0 Å². The summed E-state index contributed by atoms with van der Waals surface area (Å²) < 4.78 is 0. The minimum absolute atomic E-state index is 0. The molecule has 0 fully saturated rings. The Balaban J connectivity index is -0.0000000956. The maximum atomic E-state index is 3.19. The molecule has 2 rings (SSSR count). The molecule has 2 aliphatic rings. The molecule has 0 nitrogen and oxygen atoms in total. The van der Waals surface area contributed by atoms with Crippen molar-refractivity contribution in [1.82, 2.24) is 0 Å². The van der Waals surface area contributed by atoms with Crippen LogP contribution in [0.4, 0.5) is 0 Å². The summed E-state index contributed by atoms with van der Waals surface area (Å²) in [7, 11) is 0.750. The average molecular weight is 495 g/mol. The Morgan fingerprint density at radius 3 is 1.10 bits per heavy atom. The third-order valence-corrected chi connectivity index (χ3v) is 2.22. The minimum Gasteiger partial charge on any atom is -1.00 e. The molecular weight excluding hydrogens is 470 g/mol. The van der Waals surface area contributed by atoms with Crippen molar-refractivity contribution in [3.8, 4) is 0 Å². The monoisotopic (exact) mass is 495 g/mol. The number of hydrogen-bond donors (Lipinski definition) is 0. The van der Waals surface area contributed by atoms with Crippen LogP contribution in [0.3, 0.4) is 0 Å². The van der Waals surface area contributed by atoms with E-state index in [0.717, 1.165) is 22.4 Å². The fourth-order valence-corrected chi connectivity index (χ4v) is 1.50. The second kappa shape index (κ2) is 17.7. The van der Waals surface area contributed by atoms with Crippen molar-refractivity contribution < 1.29 is 50.7 Å². The van der Waals surface area contributed by atoms with E-state index in [2.05, 4.69) is 65.1 Å². The molecule has 0 aromatic heterocycles. The van der Waals surface area contributed by atoms with E-state index in [4.69, 9.17) is 0 Å². The van der Waals surface area contributed by atoms with Gasteiger partial charge in [0.1, 0.15) is 0 Å². The van der Waals surface area contributed by atoms with E-state index in [9.17, 15) is 0 Å². The van der Waals surface area contributed by atoms with Crippen molar-refractivity contribution in [2.75, 3.05) is 0 Å². The summed E-state index contributed by atoms with van der Waals surface area (Å²) in [4.78, 5) is 0. The molecule has 0 bridgehead atoms. The summed E-state index contributed by atoms with van der Waals surface area (Å²) in [6, 6.07) is 0. The van der Waals surface area contributed by atoms with E-state index < -0.39 is 0 Å². The molecule has 0 saturated heterocycles. The molecule has 111 valence electrons. The molecule has 0 unspecified atom stereocenters. The maximum Gasteiger partial charge on any atom is 4.00 e. The predicted molar refractivity (Wildman–Crippen MR) is 80.5 cm³/mol. The van der Waals surface area contributed by atoms with Crippen molar-refractivity contribution in [2.45, 2.75) is 53.6 Å². The molecule has 0 N–H and O–H groups in total. The van der Waals surface area contributed by atoms with E-state index in [0.29, 0.717) is 0 Å². The van der Waals surface area contributed by atoms with Crippen molar-refractivity contribution in [3.05, 3.63) is 46.6 Å². The van der Waals surface area contributed by atoms with Crippen LogP contribution < -0.4 is 24.8 Å². The average Bonchev–Trinajstić information content (AvgIpc) is 2.78. The van der Waals surface area contributed by atoms with Crippen molar-refractivity contribution in [3.63, 3.8) is 0 Å². The Morgan fingerprint density at radius 2 is 1.05 bits per heavy atom. The molecule has 0 amide bonds. The van der Waals surface area contributed by atoms with Crippen LogP contribution in [0, 0.1) is 12.2 Å². The van der Waals surface area contributed by atoms with Crippen LogP contribution in [0.25, 0.3) is 0 Å². The van der Waals surface area contributed by atoms with E-state index >= 15 is 0 Å². The van der Waals surface area contributed by atoms with Gasteiger partial charge < -0.3 is 24.8 Å². The minimum atomic E-state index is 0. The first-order valence-corrected chi connectivity index (χ1v) is 8.53. The maximum absolute atomic E-state index is 3.19. The predicted octanol–water partition coefficient (Wildman–Crippen LogP) is -1.30. The fourth-order valence-electron chi connectivity index (χ4n) is 1.50. The Kier molecular flexibility index (Phi) is 25.4. The Labute approximate surface area is 159 Å². The summed E-state index contributed by atoms with van der Waals surface area (Å²) in [5, 5.41) is 0. The van der Waals surface area contributed by atoms with Crippen molar-refractivity contribution in [1.29, 1.82) is 0 Å². The normalized spacial score (nSPS) is 14.3. The Hall–Kier alpha value is 0.627. The molecule has 4 heteroatoms. The van der Waals surface area contributed by atoms with E-state index in [1.54, 1.807) is 0 Å². The van der Waals surface area contributed by atoms with Gasteiger partial charge in [-0.15, -0.1) is 12.8 Å².